The van der Waals surface area contributed by atoms with Crippen LogP contribution in [0.15, 0.2) is 82.6 Å². The van der Waals surface area contributed by atoms with Crippen molar-refractivity contribution in [3.63, 3.8) is 0 Å². The third kappa shape index (κ3) is 4.75. The molecule has 0 saturated carbocycles. The Morgan fingerprint density at radius 3 is 2.38 bits per heavy atom. The molecule has 0 aliphatic heterocycles. The summed E-state index contributed by atoms with van der Waals surface area (Å²) in [4.78, 5) is 13.8. The Kier molecular flexibility index (Phi) is 6.52. The Morgan fingerprint density at radius 2 is 1.72 bits per heavy atom. The smallest absolute Gasteiger partial charge is 0.264 e. The third-order valence-corrected chi connectivity index (χ3v) is 7.13. The van der Waals surface area contributed by atoms with Gasteiger partial charge in [0.1, 0.15) is 0 Å². The van der Waals surface area contributed by atoms with Crippen LogP contribution in [0.25, 0.3) is 0 Å². The minimum absolute atomic E-state index is 0.163. The van der Waals surface area contributed by atoms with E-state index in [1.165, 1.54) is 31.3 Å². The molecule has 0 bridgehead atoms. The Morgan fingerprint density at radius 1 is 1.00 bits per heavy atom. The summed E-state index contributed by atoms with van der Waals surface area (Å²) in [6.45, 7) is 0. The number of halogens is 1. The molecule has 5 nitrogen and oxygen atoms in total. The van der Waals surface area contributed by atoms with Crippen LogP contribution in [-0.4, -0.2) is 27.6 Å². The van der Waals surface area contributed by atoms with E-state index in [0.29, 0.717) is 11.4 Å². The first kappa shape index (κ1) is 21.2. The van der Waals surface area contributed by atoms with Gasteiger partial charge in [0, 0.05) is 17.6 Å². The molecule has 0 heterocycles. The molecule has 0 saturated heterocycles. The molecule has 3 aromatic rings. The van der Waals surface area contributed by atoms with E-state index in [4.69, 9.17) is 11.6 Å². The molecule has 0 atom stereocenters. The molecular weight excluding hydrogens is 428 g/mol. The molecule has 8 heteroatoms. The Bertz CT molecular complexity index is 1140. The monoisotopic (exact) mass is 446 g/mol. The minimum atomic E-state index is -3.73. The van der Waals surface area contributed by atoms with E-state index in [9.17, 15) is 13.2 Å². The fraction of sp³-hybridized carbons (Fsp3) is 0.0952. The van der Waals surface area contributed by atoms with E-state index in [1.54, 1.807) is 42.1 Å². The minimum Gasteiger partial charge on any atom is -0.322 e. The van der Waals surface area contributed by atoms with Gasteiger partial charge in [-0.15, -0.1) is 11.8 Å². The lowest BCUT2D eigenvalue weighted by Gasteiger charge is -2.20. The molecule has 3 rings (SSSR count). The van der Waals surface area contributed by atoms with Crippen LogP contribution in [0.5, 0.6) is 0 Å². The maximum Gasteiger partial charge on any atom is 0.264 e. The van der Waals surface area contributed by atoms with Gasteiger partial charge in [0.2, 0.25) is 0 Å². The van der Waals surface area contributed by atoms with E-state index in [0.717, 1.165) is 9.20 Å². The number of anilines is 2. The second-order valence-corrected chi connectivity index (χ2v) is 9.39. The summed E-state index contributed by atoms with van der Waals surface area (Å²) < 4.78 is 26.7. The van der Waals surface area contributed by atoms with Crippen LogP contribution in [0, 0.1) is 0 Å². The average molecular weight is 447 g/mol. The van der Waals surface area contributed by atoms with Crippen molar-refractivity contribution in [1.29, 1.82) is 0 Å². The predicted molar refractivity (Wildman–Crippen MR) is 120 cm³/mol. The van der Waals surface area contributed by atoms with Crippen molar-refractivity contribution in [2.75, 3.05) is 22.9 Å². The van der Waals surface area contributed by atoms with Crippen molar-refractivity contribution >= 4 is 50.7 Å². The Labute approximate surface area is 179 Å². The van der Waals surface area contributed by atoms with Crippen LogP contribution in [-0.2, 0) is 10.0 Å². The van der Waals surface area contributed by atoms with Crippen LogP contribution in [0.3, 0.4) is 0 Å². The molecule has 0 unspecified atom stereocenters. The average Bonchev–Trinajstić information content (AvgIpc) is 2.73. The fourth-order valence-electron chi connectivity index (χ4n) is 2.67. The van der Waals surface area contributed by atoms with Crippen LogP contribution in [0.4, 0.5) is 11.4 Å². The number of nitrogens with one attached hydrogen (secondary N) is 1. The van der Waals surface area contributed by atoms with Crippen LogP contribution >= 0.6 is 23.4 Å². The van der Waals surface area contributed by atoms with Crippen molar-refractivity contribution in [2.24, 2.45) is 0 Å². The van der Waals surface area contributed by atoms with Gasteiger partial charge >= 0.3 is 0 Å². The lowest BCUT2D eigenvalue weighted by Crippen LogP contribution is -2.26. The number of carbonyl (C=O) groups excluding carboxylic acids is 1. The van der Waals surface area contributed by atoms with Crippen molar-refractivity contribution in [3.8, 4) is 0 Å². The predicted octanol–water partition coefficient (Wildman–Crippen LogP) is 5.14. The Hall–Kier alpha value is -2.48. The quantitative estimate of drug-likeness (QED) is 0.532. The van der Waals surface area contributed by atoms with E-state index >= 15 is 0 Å². The topological polar surface area (TPSA) is 66.5 Å². The summed E-state index contributed by atoms with van der Waals surface area (Å²) in [6.07, 6.45) is 1.95. The lowest BCUT2D eigenvalue weighted by molar-refractivity contribution is 0.102. The highest BCUT2D eigenvalue weighted by molar-refractivity contribution is 7.98. The number of hydrogen-bond donors (Lipinski definition) is 1. The van der Waals surface area contributed by atoms with E-state index in [-0.39, 0.29) is 21.4 Å². The first-order valence-corrected chi connectivity index (χ1v) is 11.7. The van der Waals surface area contributed by atoms with Gasteiger partial charge in [0.25, 0.3) is 15.9 Å². The summed E-state index contributed by atoms with van der Waals surface area (Å²) in [5.74, 6) is -0.367. The van der Waals surface area contributed by atoms with Gasteiger partial charge in [-0.1, -0.05) is 35.9 Å². The number of carbonyl (C=O) groups is 1. The van der Waals surface area contributed by atoms with E-state index in [2.05, 4.69) is 5.32 Å². The molecule has 0 spiro atoms. The standard InChI is InChI=1S/C21H19ClN2O3S2/c1-24(29(26,27)18-9-4-3-5-10-18)16-11-12-19(20(22)14-16)21(25)23-15-7-6-8-17(13-15)28-2/h3-14H,1-2H3,(H,23,25). The number of thioether (sulfide) groups is 1. The molecule has 1 amide bonds. The van der Waals surface area contributed by atoms with Crippen molar-refractivity contribution in [1.82, 2.24) is 0 Å². The zero-order chi connectivity index (χ0) is 21.0. The van der Waals surface area contributed by atoms with Gasteiger partial charge in [-0.2, -0.15) is 0 Å². The Balaban J connectivity index is 1.83. The van der Waals surface area contributed by atoms with Gasteiger partial charge in [-0.3, -0.25) is 9.10 Å². The highest BCUT2D eigenvalue weighted by Crippen LogP contribution is 2.28. The van der Waals surface area contributed by atoms with E-state index in [1.807, 2.05) is 24.5 Å². The van der Waals surface area contributed by atoms with E-state index < -0.39 is 10.0 Å². The number of benzene rings is 3. The van der Waals surface area contributed by atoms with Gasteiger partial charge in [-0.05, 0) is 54.8 Å². The van der Waals surface area contributed by atoms with Crippen LogP contribution in [0.1, 0.15) is 10.4 Å². The highest BCUT2D eigenvalue weighted by Gasteiger charge is 2.22. The summed E-state index contributed by atoms with van der Waals surface area (Å²) in [6, 6.07) is 20.1. The molecule has 0 aliphatic rings. The first-order valence-electron chi connectivity index (χ1n) is 8.62. The molecule has 0 radical (unpaired) electrons. The number of nitrogens with zero attached hydrogens (tertiary/aromatic N) is 1. The number of sulfonamides is 1. The van der Waals surface area contributed by atoms with Crippen molar-refractivity contribution in [3.05, 3.63) is 83.4 Å². The molecule has 29 heavy (non-hydrogen) atoms. The SMILES string of the molecule is CSc1cccc(NC(=O)c2ccc(N(C)S(=O)(=O)c3ccccc3)cc2Cl)c1. The number of rotatable bonds is 6. The second-order valence-electron chi connectivity index (χ2n) is 6.14. The normalized spacial score (nSPS) is 11.1. The molecule has 150 valence electrons. The second kappa shape index (κ2) is 8.90. The van der Waals surface area contributed by atoms with Crippen molar-refractivity contribution in [2.45, 2.75) is 9.79 Å². The van der Waals surface area contributed by atoms with Gasteiger partial charge in [0.15, 0.2) is 0 Å². The zero-order valence-electron chi connectivity index (χ0n) is 15.8. The summed E-state index contributed by atoms with van der Waals surface area (Å²) in [5.41, 5.74) is 1.28. The molecular formula is C21H19ClN2O3S2. The third-order valence-electron chi connectivity index (χ3n) is 4.29. The molecule has 0 aliphatic carbocycles. The molecule has 0 fully saturated rings. The molecule has 1 N–H and O–H groups in total. The van der Waals surface area contributed by atoms with Gasteiger partial charge in [0.05, 0.1) is 21.2 Å². The lowest BCUT2D eigenvalue weighted by atomic mass is 10.2. The van der Waals surface area contributed by atoms with Gasteiger partial charge in [-0.25, -0.2) is 8.42 Å². The molecule has 0 aromatic heterocycles. The largest absolute Gasteiger partial charge is 0.322 e. The maximum atomic E-state index is 12.8. The fourth-order valence-corrected chi connectivity index (χ4v) is 4.60. The number of hydrogen-bond acceptors (Lipinski definition) is 4. The summed E-state index contributed by atoms with van der Waals surface area (Å²) >= 11 is 7.88. The van der Waals surface area contributed by atoms with Crippen LogP contribution < -0.4 is 9.62 Å². The van der Waals surface area contributed by atoms with Gasteiger partial charge < -0.3 is 5.32 Å². The van der Waals surface area contributed by atoms with Crippen LogP contribution in [0.2, 0.25) is 5.02 Å². The maximum absolute atomic E-state index is 12.8. The highest BCUT2D eigenvalue weighted by atomic mass is 35.5. The first-order chi connectivity index (χ1) is 13.8. The summed E-state index contributed by atoms with van der Waals surface area (Å²) in [7, 11) is -2.28. The van der Waals surface area contributed by atoms with Crippen molar-refractivity contribution < 1.29 is 13.2 Å². The number of amides is 1. The molecule has 3 aromatic carbocycles. The zero-order valence-corrected chi connectivity index (χ0v) is 18.2. The summed E-state index contributed by atoms with van der Waals surface area (Å²) in [5, 5.41) is 2.97.